The van der Waals surface area contributed by atoms with Gasteiger partial charge in [-0.2, -0.15) is 0 Å². The molecule has 1 heterocycles. The quantitative estimate of drug-likeness (QED) is 0.210. The van der Waals surface area contributed by atoms with Crippen molar-refractivity contribution in [1.29, 1.82) is 0 Å². The van der Waals surface area contributed by atoms with Crippen molar-refractivity contribution in [2.45, 2.75) is 26.9 Å². The van der Waals surface area contributed by atoms with Crippen LogP contribution in [0, 0.1) is 0 Å². The summed E-state index contributed by atoms with van der Waals surface area (Å²) in [5.41, 5.74) is 2.67. The Morgan fingerprint density at radius 2 is 1.73 bits per heavy atom. The number of aromatic nitrogens is 1. The molecule has 0 unspecified atom stereocenters. The number of oxazole rings is 1. The zero-order chi connectivity index (χ0) is 22.8. The molecule has 0 saturated carbocycles. The fourth-order valence-electron chi connectivity index (χ4n) is 3.10. The van der Waals surface area contributed by atoms with Crippen molar-refractivity contribution < 1.29 is 18.6 Å². The largest absolute Gasteiger partial charge is 0.493 e. The van der Waals surface area contributed by atoms with Gasteiger partial charge >= 0.3 is 0 Å². The summed E-state index contributed by atoms with van der Waals surface area (Å²) >= 11 is 0. The van der Waals surface area contributed by atoms with Crippen LogP contribution in [0.1, 0.15) is 25.1 Å². The molecule has 0 bridgehead atoms. The maximum Gasteiger partial charge on any atom is 0.226 e. The van der Waals surface area contributed by atoms with Crippen molar-refractivity contribution >= 4 is 29.9 Å². The second kappa shape index (κ2) is 13.6. The van der Waals surface area contributed by atoms with Gasteiger partial charge in [0.15, 0.2) is 17.5 Å². The number of benzene rings is 2. The standard InChI is InChI=1S/C24H30N4O4.HI/c1-5-25-24(27-15-19-16-32-23(28-19)18-10-8-7-9-11-18)26-14-17-12-20(29-3)22(31-6-2)21(13-17)30-4;/h7-13,16H,5-6,14-15H2,1-4H3,(H2,25,26,27);1H. The number of hydrogen-bond donors (Lipinski definition) is 2. The molecule has 3 aromatic rings. The summed E-state index contributed by atoms with van der Waals surface area (Å²) in [7, 11) is 3.22. The van der Waals surface area contributed by atoms with Gasteiger partial charge in [0.05, 0.1) is 39.6 Å². The number of nitrogens with one attached hydrogen (secondary N) is 2. The molecule has 0 aliphatic carbocycles. The van der Waals surface area contributed by atoms with E-state index in [-0.39, 0.29) is 24.0 Å². The molecule has 0 spiro atoms. The minimum absolute atomic E-state index is 0. The second-order valence-electron chi connectivity index (χ2n) is 6.82. The smallest absolute Gasteiger partial charge is 0.226 e. The highest BCUT2D eigenvalue weighted by atomic mass is 127. The van der Waals surface area contributed by atoms with E-state index in [9.17, 15) is 0 Å². The molecular weight excluding hydrogens is 535 g/mol. The molecule has 0 fully saturated rings. The molecule has 9 heteroatoms. The Bertz CT molecular complexity index is 999. The van der Waals surface area contributed by atoms with E-state index in [2.05, 4.69) is 20.6 Å². The number of methoxy groups -OCH3 is 2. The average molecular weight is 566 g/mol. The molecule has 178 valence electrons. The lowest BCUT2D eigenvalue weighted by Crippen LogP contribution is -2.36. The number of rotatable bonds is 10. The number of aliphatic imine (C=N–C) groups is 1. The molecule has 2 N–H and O–H groups in total. The van der Waals surface area contributed by atoms with Crippen LogP contribution in [0.25, 0.3) is 11.5 Å². The fourth-order valence-corrected chi connectivity index (χ4v) is 3.10. The van der Waals surface area contributed by atoms with Crippen molar-refractivity contribution in [3.63, 3.8) is 0 Å². The van der Waals surface area contributed by atoms with Crippen LogP contribution in [0.5, 0.6) is 17.2 Å². The molecule has 0 aliphatic rings. The van der Waals surface area contributed by atoms with Crippen molar-refractivity contribution in [2.75, 3.05) is 27.4 Å². The summed E-state index contributed by atoms with van der Waals surface area (Å²) in [4.78, 5) is 9.22. The first-order chi connectivity index (χ1) is 15.7. The van der Waals surface area contributed by atoms with Gasteiger partial charge in [0, 0.05) is 12.1 Å². The Labute approximate surface area is 211 Å². The van der Waals surface area contributed by atoms with E-state index in [4.69, 9.17) is 18.6 Å². The first kappa shape index (κ1) is 26.3. The molecule has 0 amide bonds. The molecule has 2 aromatic carbocycles. The average Bonchev–Trinajstić information content (AvgIpc) is 3.31. The maximum absolute atomic E-state index is 5.66. The zero-order valence-electron chi connectivity index (χ0n) is 19.4. The molecule has 0 radical (unpaired) electrons. The van der Waals surface area contributed by atoms with Crippen molar-refractivity contribution in [3.8, 4) is 28.7 Å². The lowest BCUT2D eigenvalue weighted by atomic mass is 10.2. The van der Waals surface area contributed by atoms with E-state index in [1.807, 2.05) is 56.3 Å². The summed E-state index contributed by atoms with van der Waals surface area (Å²) in [6.45, 7) is 6.11. The first-order valence-electron chi connectivity index (χ1n) is 10.6. The molecule has 0 atom stereocenters. The van der Waals surface area contributed by atoms with Crippen LogP contribution in [-0.2, 0) is 13.1 Å². The summed E-state index contributed by atoms with van der Waals surface area (Å²) < 4.78 is 22.2. The number of guanidine groups is 1. The first-order valence-corrected chi connectivity index (χ1v) is 10.6. The van der Waals surface area contributed by atoms with Gasteiger partial charge in [0.25, 0.3) is 0 Å². The molecule has 1 aromatic heterocycles. The molecule has 0 aliphatic heterocycles. The molecule has 8 nitrogen and oxygen atoms in total. The third-order valence-corrected chi connectivity index (χ3v) is 4.58. The summed E-state index contributed by atoms with van der Waals surface area (Å²) in [5.74, 6) is 3.09. The van der Waals surface area contributed by atoms with Crippen LogP contribution in [0.2, 0.25) is 0 Å². The summed E-state index contributed by atoms with van der Waals surface area (Å²) in [6, 6.07) is 13.6. The highest BCUT2D eigenvalue weighted by Crippen LogP contribution is 2.38. The van der Waals surface area contributed by atoms with Crippen molar-refractivity contribution in [2.24, 2.45) is 4.99 Å². The van der Waals surface area contributed by atoms with Gasteiger partial charge in [-0.05, 0) is 43.7 Å². The fraction of sp³-hybridized carbons (Fsp3) is 0.333. The number of hydrogen-bond acceptors (Lipinski definition) is 6. The van der Waals surface area contributed by atoms with Gasteiger partial charge < -0.3 is 29.3 Å². The Balaban J connectivity index is 0.00000385. The van der Waals surface area contributed by atoms with Gasteiger partial charge in [0.1, 0.15) is 6.26 Å². The van der Waals surface area contributed by atoms with Crippen LogP contribution in [-0.4, -0.2) is 38.3 Å². The lowest BCUT2D eigenvalue weighted by molar-refractivity contribution is 0.288. The van der Waals surface area contributed by atoms with E-state index in [0.717, 1.165) is 23.4 Å². The molecule has 3 rings (SSSR count). The summed E-state index contributed by atoms with van der Waals surface area (Å²) in [6.07, 6.45) is 1.65. The number of halogens is 1. The van der Waals surface area contributed by atoms with Crippen LogP contribution in [0.15, 0.2) is 58.1 Å². The minimum Gasteiger partial charge on any atom is -0.493 e. The van der Waals surface area contributed by atoms with Crippen molar-refractivity contribution in [1.82, 2.24) is 15.6 Å². The predicted molar refractivity (Wildman–Crippen MR) is 140 cm³/mol. The van der Waals surface area contributed by atoms with Gasteiger partial charge in [0.2, 0.25) is 11.6 Å². The van der Waals surface area contributed by atoms with Crippen LogP contribution in [0.3, 0.4) is 0 Å². The molecular formula is C24H31IN4O4. The maximum atomic E-state index is 5.66. The topological polar surface area (TPSA) is 90.1 Å². The van der Waals surface area contributed by atoms with E-state index in [0.29, 0.717) is 48.8 Å². The van der Waals surface area contributed by atoms with Crippen LogP contribution >= 0.6 is 24.0 Å². The Kier molecular flexibility index (Phi) is 10.8. The molecule has 33 heavy (non-hydrogen) atoms. The highest BCUT2D eigenvalue weighted by Gasteiger charge is 2.14. The summed E-state index contributed by atoms with van der Waals surface area (Å²) in [5, 5.41) is 6.53. The predicted octanol–water partition coefficient (Wildman–Crippen LogP) is 4.63. The Morgan fingerprint density at radius 3 is 2.33 bits per heavy atom. The second-order valence-corrected chi connectivity index (χ2v) is 6.82. The van der Waals surface area contributed by atoms with Gasteiger partial charge in [-0.3, -0.25) is 0 Å². The minimum atomic E-state index is 0. The number of ether oxygens (including phenoxy) is 3. The molecule has 0 saturated heterocycles. The van der Waals surface area contributed by atoms with Crippen molar-refractivity contribution in [3.05, 3.63) is 60.0 Å². The monoisotopic (exact) mass is 566 g/mol. The zero-order valence-corrected chi connectivity index (χ0v) is 21.7. The SMILES string of the molecule is CCNC(=NCc1cc(OC)c(OCC)c(OC)c1)NCc1coc(-c2ccccc2)n1.I. The lowest BCUT2D eigenvalue weighted by Gasteiger charge is -2.15. The van der Waals surface area contributed by atoms with E-state index < -0.39 is 0 Å². The van der Waals surface area contributed by atoms with Gasteiger partial charge in [-0.25, -0.2) is 9.98 Å². The van der Waals surface area contributed by atoms with Crippen LogP contribution < -0.4 is 24.8 Å². The van der Waals surface area contributed by atoms with Crippen LogP contribution in [0.4, 0.5) is 0 Å². The van der Waals surface area contributed by atoms with E-state index in [1.165, 1.54) is 0 Å². The third kappa shape index (κ3) is 7.28. The highest BCUT2D eigenvalue weighted by molar-refractivity contribution is 14.0. The van der Waals surface area contributed by atoms with Gasteiger partial charge in [-0.15, -0.1) is 24.0 Å². The normalized spacial score (nSPS) is 10.8. The Hall–Kier alpha value is -2.95. The van der Waals surface area contributed by atoms with E-state index in [1.54, 1.807) is 20.5 Å². The van der Waals surface area contributed by atoms with E-state index >= 15 is 0 Å². The van der Waals surface area contributed by atoms with Gasteiger partial charge in [-0.1, -0.05) is 18.2 Å². The Morgan fingerprint density at radius 1 is 1.03 bits per heavy atom. The number of nitrogens with zero attached hydrogens (tertiary/aromatic N) is 2. The third-order valence-electron chi connectivity index (χ3n) is 4.58.